The van der Waals surface area contributed by atoms with Gasteiger partial charge < -0.3 is 9.47 Å². The Labute approximate surface area is 182 Å². The Kier molecular flexibility index (Phi) is 7.34. The number of hydrazone groups is 1. The fourth-order valence-corrected chi connectivity index (χ4v) is 2.70. The Hall–Kier alpha value is -3.45. The maximum absolute atomic E-state index is 12.1. The Balaban J connectivity index is 1.46. The molecule has 0 radical (unpaired) electrons. The lowest BCUT2D eigenvalue weighted by Crippen LogP contribution is -2.24. The minimum atomic E-state index is -0.440. The Morgan fingerprint density at radius 1 is 1.00 bits per heavy atom. The molecule has 0 fully saturated rings. The normalized spacial score (nSPS) is 10.6. The molecule has 0 heterocycles. The molecular formula is C23H19BrN2O4. The summed E-state index contributed by atoms with van der Waals surface area (Å²) < 4.78 is 11.6. The molecule has 7 heteroatoms. The third-order valence-electron chi connectivity index (χ3n) is 3.93. The lowest BCUT2D eigenvalue weighted by Gasteiger charge is -2.06. The zero-order valence-corrected chi connectivity index (χ0v) is 17.8. The maximum atomic E-state index is 12.1. The number of aryl methyl sites for hydroxylation is 1. The van der Waals surface area contributed by atoms with Crippen LogP contribution < -0.4 is 14.9 Å². The number of ether oxygens (including phenoxy) is 2. The lowest BCUT2D eigenvalue weighted by atomic mass is 10.2. The van der Waals surface area contributed by atoms with Gasteiger partial charge in [0.1, 0.15) is 11.5 Å². The van der Waals surface area contributed by atoms with Crippen LogP contribution in [0.2, 0.25) is 0 Å². The fraction of sp³-hybridized carbons (Fsp3) is 0.0870. The highest BCUT2D eigenvalue weighted by Crippen LogP contribution is 2.16. The molecule has 0 spiro atoms. The molecule has 0 aliphatic heterocycles. The monoisotopic (exact) mass is 466 g/mol. The van der Waals surface area contributed by atoms with E-state index in [0.29, 0.717) is 17.1 Å². The van der Waals surface area contributed by atoms with Crippen LogP contribution in [0.4, 0.5) is 0 Å². The molecule has 0 unspecified atom stereocenters. The van der Waals surface area contributed by atoms with Crippen molar-refractivity contribution in [3.05, 3.63) is 94.0 Å². The molecule has 152 valence electrons. The van der Waals surface area contributed by atoms with Crippen molar-refractivity contribution < 1.29 is 19.1 Å². The van der Waals surface area contributed by atoms with Gasteiger partial charge in [0.05, 0.1) is 11.8 Å². The molecule has 0 atom stereocenters. The van der Waals surface area contributed by atoms with Gasteiger partial charge in [-0.05, 0) is 78.7 Å². The number of benzene rings is 3. The molecule has 1 N–H and O–H groups in total. The van der Waals surface area contributed by atoms with E-state index in [-0.39, 0.29) is 12.5 Å². The Morgan fingerprint density at radius 2 is 1.73 bits per heavy atom. The number of nitrogens with zero attached hydrogens (tertiary/aromatic N) is 1. The molecule has 0 bridgehead atoms. The van der Waals surface area contributed by atoms with E-state index in [0.717, 1.165) is 15.6 Å². The molecule has 0 aliphatic carbocycles. The second kappa shape index (κ2) is 10.4. The number of carbonyl (C=O) groups is 2. The fourth-order valence-electron chi connectivity index (χ4n) is 2.44. The zero-order chi connectivity index (χ0) is 21.3. The van der Waals surface area contributed by atoms with Crippen LogP contribution in [0.5, 0.6) is 11.5 Å². The van der Waals surface area contributed by atoms with E-state index in [2.05, 4.69) is 26.5 Å². The minimum absolute atomic E-state index is 0.133. The molecule has 0 saturated carbocycles. The van der Waals surface area contributed by atoms with E-state index in [1.807, 2.05) is 25.1 Å². The molecule has 1 amide bonds. The van der Waals surface area contributed by atoms with Crippen molar-refractivity contribution in [1.82, 2.24) is 5.43 Å². The third kappa shape index (κ3) is 6.56. The first-order valence-electron chi connectivity index (χ1n) is 9.09. The van der Waals surface area contributed by atoms with Crippen molar-refractivity contribution in [1.29, 1.82) is 0 Å². The Bertz CT molecular complexity index is 1050. The molecule has 3 rings (SSSR count). The van der Waals surface area contributed by atoms with Crippen molar-refractivity contribution in [3.63, 3.8) is 0 Å². The zero-order valence-electron chi connectivity index (χ0n) is 16.2. The molecule has 6 nitrogen and oxygen atoms in total. The van der Waals surface area contributed by atoms with Gasteiger partial charge in [0.15, 0.2) is 6.61 Å². The van der Waals surface area contributed by atoms with E-state index in [9.17, 15) is 9.59 Å². The molecule has 0 saturated heterocycles. The van der Waals surface area contributed by atoms with Crippen LogP contribution in [0.25, 0.3) is 0 Å². The van der Waals surface area contributed by atoms with Gasteiger partial charge in [-0.1, -0.05) is 28.1 Å². The van der Waals surface area contributed by atoms with Gasteiger partial charge in [0.25, 0.3) is 5.91 Å². The summed E-state index contributed by atoms with van der Waals surface area (Å²) in [6.45, 7) is 1.82. The number of nitrogens with one attached hydrogen (secondary N) is 1. The SMILES string of the molecule is Cc1cccc(OCC(=O)N/N=C/c2ccc(OC(=O)c3ccc(Br)cc3)cc2)c1. The van der Waals surface area contributed by atoms with Crippen LogP contribution in [0.15, 0.2) is 82.4 Å². The molecule has 3 aromatic rings. The summed E-state index contributed by atoms with van der Waals surface area (Å²) in [4.78, 5) is 23.9. The second-order valence-electron chi connectivity index (χ2n) is 6.36. The first kappa shape index (κ1) is 21.3. The van der Waals surface area contributed by atoms with Crippen LogP contribution in [-0.4, -0.2) is 24.7 Å². The summed E-state index contributed by atoms with van der Waals surface area (Å²) >= 11 is 3.32. The van der Waals surface area contributed by atoms with E-state index in [4.69, 9.17) is 9.47 Å². The summed E-state index contributed by atoms with van der Waals surface area (Å²) in [6.07, 6.45) is 1.49. The predicted octanol–water partition coefficient (Wildman–Crippen LogP) is 4.51. The third-order valence-corrected chi connectivity index (χ3v) is 4.46. The number of carbonyl (C=O) groups excluding carboxylic acids is 2. The van der Waals surface area contributed by atoms with Crippen LogP contribution in [0, 0.1) is 6.92 Å². The number of esters is 1. The lowest BCUT2D eigenvalue weighted by molar-refractivity contribution is -0.123. The van der Waals surface area contributed by atoms with Crippen molar-refractivity contribution in [2.24, 2.45) is 5.10 Å². The van der Waals surface area contributed by atoms with E-state index in [1.165, 1.54) is 6.21 Å². The quantitative estimate of drug-likeness (QED) is 0.240. The maximum Gasteiger partial charge on any atom is 0.343 e. The van der Waals surface area contributed by atoms with Crippen LogP contribution >= 0.6 is 15.9 Å². The molecule has 30 heavy (non-hydrogen) atoms. The molecular weight excluding hydrogens is 448 g/mol. The van der Waals surface area contributed by atoms with E-state index < -0.39 is 5.97 Å². The van der Waals surface area contributed by atoms with Gasteiger partial charge >= 0.3 is 5.97 Å². The molecule has 0 aromatic heterocycles. The number of hydrogen-bond acceptors (Lipinski definition) is 5. The standard InChI is InChI=1S/C23H19BrN2O4/c1-16-3-2-4-21(13-16)29-15-22(27)26-25-14-17-5-11-20(12-6-17)30-23(28)18-7-9-19(24)10-8-18/h2-14H,15H2,1H3,(H,26,27)/b25-14+. The average molecular weight is 467 g/mol. The van der Waals surface area contributed by atoms with Crippen molar-refractivity contribution >= 4 is 34.0 Å². The van der Waals surface area contributed by atoms with Gasteiger partial charge in [0, 0.05) is 4.47 Å². The highest BCUT2D eigenvalue weighted by Gasteiger charge is 2.08. The van der Waals surface area contributed by atoms with Gasteiger partial charge in [-0.25, -0.2) is 10.2 Å². The number of amides is 1. The van der Waals surface area contributed by atoms with E-state index in [1.54, 1.807) is 54.6 Å². The van der Waals surface area contributed by atoms with E-state index >= 15 is 0 Å². The molecule has 0 aliphatic rings. The largest absolute Gasteiger partial charge is 0.484 e. The van der Waals surface area contributed by atoms with Crippen LogP contribution in [0.1, 0.15) is 21.5 Å². The van der Waals surface area contributed by atoms with Crippen molar-refractivity contribution in [2.45, 2.75) is 6.92 Å². The smallest absolute Gasteiger partial charge is 0.343 e. The van der Waals surface area contributed by atoms with Gasteiger partial charge in [0.2, 0.25) is 0 Å². The first-order chi connectivity index (χ1) is 14.5. The minimum Gasteiger partial charge on any atom is -0.484 e. The summed E-state index contributed by atoms with van der Waals surface area (Å²) in [7, 11) is 0. The van der Waals surface area contributed by atoms with Gasteiger partial charge in [-0.2, -0.15) is 5.10 Å². The molecule has 3 aromatic carbocycles. The van der Waals surface area contributed by atoms with Crippen molar-refractivity contribution in [2.75, 3.05) is 6.61 Å². The topological polar surface area (TPSA) is 77.0 Å². The first-order valence-corrected chi connectivity index (χ1v) is 9.88. The summed E-state index contributed by atoms with van der Waals surface area (Å²) in [5, 5.41) is 3.90. The van der Waals surface area contributed by atoms with Crippen LogP contribution in [0.3, 0.4) is 0 Å². The highest BCUT2D eigenvalue weighted by molar-refractivity contribution is 9.10. The predicted molar refractivity (Wildman–Crippen MR) is 118 cm³/mol. The number of rotatable bonds is 7. The second-order valence-corrected chi connectivity index (χ2v) is 7.28. The summed E-state index contributed by atoms with van der Waals surface area (Å²) in [5.41, 5.74) is 4.65. The summed E-state index contributed by atoms with van der Waals surface area (Å²) in [6, 6.07) is 21.1. The van der Waals surface area contributed by atoms with Crippen molar-refractivity contribution in [3.8, 4) is 11.5 Å². The average Bonchev–Trinajstić information content (AvgIpc) is 2.74. The highest BCUT2D eigenvalue weighted by atomic mass is 79.9. The Morgan fingerprint density at radius 3 is 2.43 bits per heavy atom. The van der Waals surface area contributed by atoms with Gasteiger partial charge in [-0.15, -0.1) is 0 Å². The number of halogens is 1. The number of hydrogen-bond donors (Lipinski definition) is 1. The van der Waals surface area contributed by atoms with Gasteiger partial charge in [-0.3, -0.25) is 4.79 Å². The van der Waals surface area contributed by atoms with Crippen LogP contribution in [-0.2, 0) is 4.79 Å². The summed E-state index contributed by atoms with van der Waals surface area (Å²) in [5.74, 6) is 0.232.